The lowest BCUT2D eigenvalue weighted by atomic mass is 9.47. The largest absolute Gasteiger partial charge is 0.391 e. The summed E-state index contributed by atoms with van der Waals surface area (Å²) in [5, 5.41) is 25.5. The molecule has 6 aliphatic rings. The van der Waals surface area contributed by atoms with Crippen LogP contribution in [0.3, 0.4) is 0 Å². The molecule has 0 aromatic carbocycles. The monoisotopic (exact) mass is 448 g/mol. The van der Waals surface area contributed by atoms with Gasteiger partial charge >= 0.3 is 0 Å². The number of aliphatic hydroxyl groups excluding tert-OH is 1. The summed E-state index contributed by atoms with van der Waals surface area (Å²) in [6, 6.07) is 0.688. The van der Waals surface area contributed by atoms with Crippen LogP contribution >= 0.6 is 0 Å². The van der Waals surface area contributed by atoms with E-state index in [1.165, 1.54) is 19.3 Å². The molecule has 0 aromatic heterocycles. The predicted molar refractivity (Wildman–Crippen MR) is 124 cm³/mol. The summed E-state index contributed by atoms with van der Waals surface area (Å²) in [6.45, 7) is 5.15. The Morgan fingerprint density at radius 1 is 1.03 bits per heavy atom. The number of piperidine rings is 1. The van der Waals surface area contributed by atoms with Crippen molar-refractivity contribution in [2.75, 3.05) is 13.6 Å². The summed E-state index contributed by atoms with van der Waals surface area (Å²) in [5.74, 6) is 2.44. The Kier molecular flexibility index (Phi) is 5.13. The Labute approximate surface area is 193 Å². The van der Waals surface area contributed by atoms with Gasteiger partial charge in [-0.05, 0) is 126 Å². The number of hydrogen-bond donors (Lipinski definition) is 3. The number of likely N-dealkylation sites (tertiary alicyclic amines) is 1. The third-order valence-electron chi connectivity index (χ3n) is 11.8. The molecule has 1 saturated heterocycles. The summed E-state index contributed by atoms with van der Waals surface area (Å²) < 4.78 is 16.6. The maximum Gasteiger partial charge on any atom is 0.117 e. The second-order valence-electron chi connectivity index (χ2n) is 13.4. The normalized spacial score (nSPS) is 57.9. The zero-order chi connectivity index (χ0) is 22.5. The van der Waals surface area contributed by atoms with Gasteiger partial charge in [-0.2, -0.15) is 0 Å². The van der Waals surface area contributed by atoms with E-state index in [-0.39, 0.29) is 23.4 Å². The van der Waals surface area contributed by atoms with Gasteiger partial charge in [-0.3, -0.25) is 4.90 Å². The number of β-amino-alcohol motifs (C(OH)–C–C–N with tert-alkyl or cyclic N) is 1. The smallest absolute Gasteiger partial charge is 0.117 e. The molecule has 0 aromatic rings. The number of nitrogens with one attached hydrogen (secondary N) is 1. The average Bonchev–Trinajstić information content (AvgIpc) is 3.30. The van der Waals surface area contributed by atoms with E-state index in [1.807, 2.05) is 6.92 Å². The molecular formula is C27H45FN2O2. The molecule has 6 rings (SSSR count). The number of aliphatic hydroxyl groups is 2. The van der Waals surface area contributed by atoms with Gasteiger partial charge in [0, 0.05) is 12.6 Å². The highest BCUT2D eigenvalue weighted by atomic mass is 19.1. The van der Waals surface area contributed by atoms with Crippen LogP contribution in [0.2, 0.25) is 0 Å². The first kappa shape index (κ1) is 22.2. The Balaban J connectivity index is 1.18. The molecule has 3 unspecified atom stereocenters. The summed E-state index contributed by atoms with van der Waals surface area (Å²) in [5.41, 5.74) is -1.60. The van der Waals surface area contributed by atoms with Crippen LogP contribution in [0.1, 0.15) is 84.5 Å². The molecule has 0 bridgehead atoms. The van der Waals surface area contributed by atoms with Gasteiger partial charge in [-0.1, -0.05) is 6.92 Å². The number of nitrogens with zero attached hydrogens (tertiary/aromatic N) is 1. The van der Waals surface area contributed by atoms with Crippen molar-refractivity contribution in [3.63, 3.8) is 0 Å². The van der Waals surface area contributed by atoms with Crippen LogP contribution in [-0.2, 0) is 0 Å². The Morgan fingerprint density at radius 2 is 1.84 bits per heavy atom. The van der Waals surface area contributed by atoms with E-state index in [1.54, 1.807) is 0 Å². The summed E-state index contributed by atoms with van der Waals surface area (Å²) in [7, 11) is 2.05. The van der Waals surface area contributed by atoms with Gasteiger partial charge in [0.05, 0.1) is 17.9 Å². The zero-order valence-corrected chi connectivity index (χ0v) is 20.4. The highest BCUT2D eigenvalue weighted by Crippen LogP contribution is 2.67. The van der Waals surface area contributed by atoms with E-state index < -0.39 is 11.3 Å². The first-order valence-electron chi connectivity index (χ1n) is 13.7. The van der Waals surface area contributed by atoms with Gasteiger partial charge < -0.3 is 15.5 Å². The van der Waals surface area contributed by atoms with E-state index in [0.29, 0.717) is 49.2 Å². The van der Waals surface area contributed by atoms with Crippen LogP contribution in [-0.4, -0.2) is 58.3 Å². The fourth-order valence-corrected chi connectivity index (χ4v) is 10.1. The first-order valence-corrected chi connectivity index (χ1v) is 13.7. The van der Waals surface area contributed by atoms with Crippen LogP contribution in [0, 0.1) is 40.9 Å². The third-order valence-corrected chi connectivity index (χ3v) is 11.8. The lowest BCUT2D eigenvalue weighted by molar-refractivity contribution is -0.167. The average molecular weight is 449 g/mol. The minimum Gasteiger partial charge on any atom is -0.391 e. The van der Waals surface area contributed by atoms with Crippen LogP contribution < -0.4 is 5.32 Å². The Morgan fingerprint density at radius 3 is 2.62 bits per heavy atom. The van der Waals surface area contributed by atoms with Gasteiger partial charge in [-0.15, -0.1) is 0 Å². The second-order valence-corrected chi connectivity index (χ2v) is 13.4. The molecule has 5 heteroatoms. The van der Waals surface area contributed by atoms with Crippen molar-refractivity contribution in [3.8, 4) is 0 Å². The van der Waals surface area contributed by atoms with Crippen LogP contribution in [0.5, 0.6) is 0 Å². The van der Waals surface area contributed by atoms with Crippen molar-refractivity contribution in [1.82, 2.24) is 10.2 Å². The fraction of sp³-hybridized carbons (Fsp3) is 1.00. The standard InChI is InChI=1S/C27H45FN2O2/c1-25(32)10-11-27(28)17(14-25)4-5-18-19-6-7-21(26(19,2)9-8-20(18)27)23(31)15-30-22-12-16(22)13-24(30)29-3/h16-24,29,31-32H,4-15H2,1-3H3/t16-,17-,18+,19+,20?,21-,22?,23?,24-,25-,26+,27-/m1/s1. The summed E-state index contributed by atoms with van der Waals surface area (Å²) in [4.78, 5) is 2.55. The molecule has 1 aliphatic heterocycles. The number of alkyl halides is 1. The zero-order valence-electron chi connectivity index (χ0n) is 20.4. The molecule has 1 heterocycles. The first-order chi connectivity index (χ1) is 15.2. The van der Waals surface area contributed by atoms with E-state index in [9.17, 15) is 10.2 Å². The molecule has 0 radical (unpaired) electrons. The molecule has 0 spiro atoms. The molecule has 182 valence electrons. The maximum atomic E-state index is 16.6. The Bertz CT molecular complexity index is 747. The van der Waals surface area contributed by atoms with E-state index >= 15 is 4.39 Å². The molecular weight excluding hydrogens is 403 g/mol. The number of hydrogen-bond acceptors (Lipinski definition) is 4. The number of fused-ring (bicyclic) bond motifs is 6. The van der Waals surface area contributed by atoms with Crippen LogP contribution in [0.4, 0.5) is 4.39 Å². The van der Waals surface area contributed by atoms with Crippen molar-refractivity contribution in [2.24, 2.45) is 40.9 Å². The third kappa shape index (κ3) is 3.20. The van der Waals surface area contributed by atoms with Crippen molar-refractivity contribution >= 4 is 0 Å². The van der Waals surface area contributed by atoms with E-state index in [4.69, 9.17) is 0 Å². The molecule has 32 heavy (non-hydrogen) atoms. The molecule has 5 aliphatic carbocycles. The van der Waals surface area contributed by atoms with E-state index in [0.717, 1.165) is 44.6 Å². The lowest BCUT2D eigenvalue weighted by Crippen LogP contribution is -2.59. The summed E-state index contributed by atoms with van der Waals surface area (Å²) in [6.07, 6.45) is 10.9. The molecule has 4 nitrogen and oxygen atoms in total. The fourth-order valence-electron chi connectivity index (χ4n) is 10.1. The maximum absolute atomic E-state index is 16.6. The van der Waals surface area contributed by atoms with Crippen LogP contribution in [0.25, 0.3) is 0 Å². The molecule has 5 saturated carbocycles. The van der Waals surface area contributed by atoms with Gasteiger partial charge in [0.2, 0.25) is 0 Å². The van der Waals surface area contributed by atoms with Gasteiger partial charge in [-0.25, -0.2) is 4.39 Å². The molecule has 3 N–H and O–H groups in total. The molecule has 0 amide bonds. The topological polar surface area (TPSA) is 55.7 Å². The quantitative estimate of drug-likeness (QED) is 0.606. The number of halogens is 1. The molecule has 6 fully saturated rings. The van der Waals surface area contributed by atoms with Gasteiger partial charge in [0.1, 0.15) is 5.67 Å². The Hall–Kier alpha value is -0.230. The van der Waals surface area contributed by atoms with Crippen LogP contribution in [0.15, 0.2) is 0 Å². The minimum absolute atomic E-state index is 0.0415. The van der Waals surface area contributed by atoms with Gasteiger partial charge in [0.15, 0.2) is 0 Å². The van der Waals surface area contributed by atoms with E-state index in [2.05, 4.69) is 24.2 Å². The minimum atomic E-state index is -1.07. The summed E-state index contributed by atoms with van der Waals surface area (Å²) >= 11 is 0. The van der Waals surface area contributed by atoms with Crippen molar-refractivity contribution in [1.29, 1.82) is 0 Å². The van der Waals surface area contributed by atoms with Crippen molar-refractivity contribution in [2.45, 2.75) is 114 Å². The highest BCUT2D eigenvalue weighted by Gasteiger charge is 2.64. The predicted octanol–water partition coefficient (Wildman–Crippen LogP) is 4.10. The molecule has 12 atom stereocenters. The van der Waals surface area contributed by atoms with Gasteiger partial charge in [0.25, 0.3) is 0 Å². The van der Waals surface area contributed by atoms with Crippen molar-refractivity contribution < 1.29 is 14.6 Å². The highest BCUT2D eigenvalue weighted by molar-refractivity contribution is 5.13. The SMILES string of the molecule is CN[C@H]1C[C@H]2CC2N1CC(O)[C@H]1CC[C@H]2[C@@H]3CC[C@@H]4C[C@](C)(O)CC[C@]4(F)C3CC[C@]12C. The second kappa shape index (κ2) is 7.38. The lowest BCUT2D eigenvalue weighted by Gasteiger charge is -2.59. The van der Waals surface area contributed by atoms with Crippen molar-refractivity contribution in [3.05, 3.63) is 0 Å². The number of rotatable bonds is 4.